The number of hydrogen-bond donors (Lipinski definition) is 2. The Kier molecular flexibility index (Phi) is 3.81. The first kappa shape index (κ1) is 16.1. The van der Waals surface area contributed by atoms with Crippen LogP contribution in [0, 0.1) is 0 Å². The van der Waals surface area contributed by atoms with Gasteiger partial charge in [0.15, 0.2) is 11.3 Å². The number of cyclic esters (lactones) is 1. The molecule has 1 aliphatic heterocycles. The van der Waals surface area contributed by atoms with Crippen molar-refractivity contribution in [2.75, 3.05) is 6.54 Å². The van der Waals surface area contributed by atoms with Crippen molar-refractivity contribution < 1.29 is 14.6 Å². The van der Waals surface area contributed by atoms with Crippen molar-refractivity contribution in [2.45, 2.75) is 44.9 Å². The SMILES string of the molecule is CC[C@@]1(C)OC(=O)N(CCc2c[nH]c3ccc(Cl)cc23)[C@]1(C)O. The second-order valence-corrected chi connectivity index (χ2v) is 6.82. The van der Waals surface area contributed by atoms with Crippen molar-refractivity contribution in [1.82, 2.24) is 9.88 Å². The molecule has 0 spiro atoms. The fourth-order valence-corrected chi connectivity index (χ4v) is 3.29. The summed E-state index contributed by atoms with van der Waals surface area (Å²) in [6, 6.07) is 5.66. The van der Waals surface area contributed by atoms with Crippen LogP contribution in [0.15, 0.2) is 24.4 Å². The number of halogens is 1. The molecule has 0 bridgehead atoms. The Hall–Kier alpha value is -1.72. The molecule has 2 aromatic rings. The molecule has 1 aliphatic rings. The molecule has 0 aliphatic carbocycles. The lowest BCUT2D eigenvalue weighted by Gasteiger charge is -2.36. The van der Waals surface area contributed by atoms with Gasteiger partial charge in [0, 0.05) is 28.7 Å². The van der Waals surface area contributed by atoms with Gasteiger partial charge < -0.3 is 14.8 Å². The molecule has 3 rings (SSSR count). The number of aliphatic hydroxyl groups is 1. The summed E-state index contributed by atoms with van der Waals surface area (Å²) < 4.78 is 5.41. The van der Waals surface area contributed by atoms with E-state index in [1.165, 1.54) is 4.90 Å². The van der Waals surface area contributed by atoms with Crippen LogP contribution in [0.25, 0.3) is 10.9 Å². The smallest absolute Gasteiger partial charge is 0.412 e. The Morgan fingerprint density at radius 1 is 1.39 bits per heavy atom. The van der Waals surface area contributed by atoms with Gasteiger partial charge in [-0.2, -0.15) is 0 Å². The molecular formula is C17H21ClN2O3. The molecule has 1 aromatic carbocycles. The van der Waals surface area contributed by atoms with Crippen LogP contribution in [0.1, 0.15) is 32.8 Å². The summed E-state index contributed by atoms with van der Waals surface area (Å²) in [6.45, 7) is 5.66. The van der Waals surface area contributed by atoms with Crippen LogP contribution < -0.4 is 0 Å². The van der Waals surface area contributed by atoms with E-state index in [4.69, 9.17) is 16.3 Å². The number of carbonyl (C=O) groups is 1. The van der Waals surface area contributed by atoms with Gasteiger partial charge in [0.05, 0.1) is 0 Å². The second-order valence-electron chi connectivity index (χ2n) is 6.38. The first-order valence-corrected chi connectivity index (χ1v) is 8.15. The van der Waals surface area contributed by atoms with Gasteiger partial charge in [0.25, 0.3) is 0 Å². The average Bonchev–Trinajstić information content (AvgIpc) is 2.95. The zero-order chi connectivity index (χ0) is 16.8. The number of H-pyrrole nitrogens is 1. The molecule has 23 heavy (non-hydrogen) atoms. The van der Waals surface area contributed by atoms with Crippen LogP contribution in [-0.4, -0.2) is 39.0 Å². The molecule has 2 atom stereocenters. The number of nitrogens with one attached hydrogen (secondary N) is 1. The highest BCUT2D eigenvalue weighted by Crippen LogP contribution is 2.39. The second kappa shape index (κ2) is 5.42. The van der Waals surface area contributed by atoms with Gasteiger partial charge in [-0.3, -0.25) is 4.90 Å². The molecule has 5 nitrogen and oxygen atoms in total. The molecular weight excluding hydrogens is 316 g/mol. The van der Waals surface area contributed by atoms with Crippen molar-refractivity contribution in [3.63, 3.8) is 0 Å². The summed E-state index contributed by atoms with van der Waals surface area (Å²) in [4.78, 5) is 16.8. The van der Waals surface area contributed by atoms with Gasteiger partial charge in [0.2, 0.25) is 0 Å². The molecule has 1 aromatic heterocycles. The van der Waals surface area contributed by atoms with Crippen molar-refractivity contribution in [3.05, 3.63) is 35.0 Å². The molecule has 2 N–H and O–H groups in total. The molecule has 124 valence electrons. The number of nitrogens with zero attached hydrogens (tertiary/aromatic N) is 1. The van der Waals surface area contributed by atoms with Gasteiger partial charge >= 0.3 is 6.09 Å². The van der Waals surface area contributed by atoms with Gasteiger partial charge in [-0.25, -0.2) is 4.79 Å². The molecule has 0 saturated carbocycles. The van der Waals surface area contributed by atoms with Crippen molar-refractivity contribution in [3.8, 4) is 0 Å². The van der Waals surface area contributed by atoms with Crippen LogP contribution in [-0.2, 0) is 11.2 Å². The fraction of sp³-hybridized carbons (Fsp3) is 0.471. The highest BCUT2D eigenvalue weighted by Gasteiger charge is 2.57. The molecule has 6 heteroatoms. The van der Waals surface area contributed by atoms with Crippen molar-refractivity contribution in [1.29, 1.82) is 0 Å². The molecule has 0 radical (unpaired) electrons. The number of fused-ring (bicyclic) bond motifs is 1. The maximum Gasteiger partial charge on any atom is 0.412 e. The van der Waals surface area contributed by atoms with E-state index >= 15 is 0 Å². The maximum absolute atomic E-state index is 12.2. The van der Waals surface area contributed by atoms with E-state index in [0.717, 1.165) is 16.5 Å². The molecule has 1 saturated heterocycles. The zero-order valence-corrected chi connectivity index (χ0v) is 14.3. The minimum absolute atomic E-state index is 0.376. The number of aromatic amines is 1. The predicted molar refractivity (Wildman–Crippen MR) is 89.5 cm³/mol. The number of hydrogen-bond acceptors (Lipinski definition) is 3. The van der Waals surface area contributed by atoms with Crippen LogP contribution in [0.4, 0.5) is 4.79 Å². The molecule has 2 heterocycles. The number of carbonyl (C=O) groups excluding carboxylic acids is 1. The lowest BCUT2D eigenvalue weighted by molar-refractivity contribution is -0.137. The van der Waals surface area contributed by atoms with E-state index in [1.807, 2.05) is 31.3 Å². The summed E-state index contributed by atoms with van der Waals surface area (Å²) in [5, 5.41) is 12.5. The lowest BCUT2D eigenvalue weighted by atomic mass is 9.90. The third-order valence-corrected chi connectivity index (χ3v) is 5.30. The Labute approximate surface area is 140 Å². The highest BCUT2D eigenvalue weighted by atomic mass is 35.5. The molecule has 0 unspecified atom stereocenters. The number of ether oxygens (including phenoxy) is 1. The number of benzene rings is 1. The minimum Gasteiger partial charge on any atom is -0.438 e. The Bertz CT molecular complexity index is 755. The standard InChI is InChI=1S/C17H21ClN2O3/c1-4-16(2)17(3,22)20(15(21)23-16)8-7-11-10-19-14-6-5-12(18)9-13(11)14/h5-6,9-10,19,22H,4,7-8H2,1-3H3/t16-,17-/m1/s1. The topological polar surface area (TPSA) is 65.6 Å². The van der Waals surface area contributed by atoms with E-state index in [0.29, 0.717) is 24.4 Å². The maximum atomic E-state index is 12.2. The number of aromatic nitrogens is 1. The van der Waals surface area contributed by atoms with Crippen LogP contribution in [0.2, 0.25) is 5.02 Å². The predicted octanol–water partition coefficient (Wildman–Crippen LogP) is 3.69. The summed E-state index contributed by atoms with van der Waals surface area (Å²) in [6.07, 6.45) is 2.59. The van der Waals surface area contributed by atoms with Gasteiger partial charge in [-0.1, -0.05) is 18.5 Å². The summed E-state index contributed by atoms with van der Waals surface area (Å²) in [5.41, 5.74) is -0.175. The van der Waals surface area contributed by atoms with E-state index in [1.54, 1.807) is 13.8 Å². The van der Waals surface area contributed by atoms with Crippen molar-refractivity contribution >= 4 is 28.6 Å². The Morgan fingerprint density at radius 3 is 2.78 bits per heavy atom. The Balaban J connectivity index is 1.82. The minimum atomic E-state index is -1.33. The van der Waals surface area contributed by atoms with E-state index < -0.39 is 17.4 Å². The third kappa shape index (κ3) is 2.48. The van der Waals surface area contributed by atoms with Gasteiger partial charge in [0.1, 0.15) is 0 Å². The quantitative estimate of drug-likeness (QED) is 0.894. The van der Waals surface area contributed by atoms with Crippen LogP contribution >= 0.6 is 11.6 Å². The lowest BCUT2D eigenvalue weighted by Crippen LogP contribution is -2.55. The first-order chi connectivity index (χ1) is 10.8. The van der Waals surface area contributed by atoms with Crippen LogP contribution in [0.3, 0.4) is 0 Å². The summed E-state index contributed by atoms with van der Waals surface area (Å²) >= 11 is 6.06. The summed E-state index contributed by atoms with van der Waals surface area (Å²) in [7, 11) is 0. The van der Waals surface area contributed by atoms with Crippen LogP contribution in [0.5, 0.6) is 0 Å². The van der Waals surface area contributed by atoms with Gasteiger partial charge in [-0.15, -0.1) is 0 Å². The largest absolute Gasteiger partial charge is 0.438 e. The van der Waals surface area contributed by atoms with Gasteiger partial charge in [-0.05, 0) is 50.5 Å². The number of rotatable bonds is 4. The number of amides is 1. The zero-order valence-electron chi connectivity index (χ0n) is 13.5. The van der Waals surface area contributed by atoms with E-state index in [2.05, 4.69) is 4.98 Å². The Morgan fingerprint density at radius 2 is 2.13 bits per heavy atom. The normalized spacial score (nSPS) is 27.7. The average molecular weight is 337 g/mol. The fourth-order valence-electron chi connectivity index (χ4n) is 3.11. The van der Waals surface area contributed by atoms with Crippen molar-refractivity contribution in [2.24, 2.45) is 0 Å². The third-order valence-electron chi connectivity index (χ3n) is 5.07. The summed E-state index contributed by atoms with van der Waals surface area (Å²) in [5.74, 6) is 0. The molecule has 1 amide bonds. The van der Waals surface area contributed by atoms with E-state index in [9.17, 15) is 9.90 Å². The first-order valence-electron chi connectivity index (χ1n) is 7.77. The highest BCUT2D eigenvalue weighted by molar-refractivity contribution is 6.31. The molecule has 1 fully saturated rings. The monoisotopic (exact) mass is 336 g/mol. The van der Waals surface area contributed by atoms with E-state index in [-0.39, 0.29) is 0 Å².